The van der Waals surface area contributed by atoms with E-state index in [1.165, 1.54) is 72.9 Å². The molecule has 0 aliphatic heterocycles. The van der Waals surface area contributed by atoms with Crippen molar-refractivity contribution in [2.75, 3.05) is 0 Å². The molecule has 134 valence electrons. The molecule has 29 heavy (non-hydrogen) atoms. The number of nitrogens with one attached hydrogen (secondary N) is 1. The minimum Gasteiger partial charge on any atom is -0.354 e. The summed E-state index contributed by atoms with van der Waals surface area (Å²) < 4.78 is 5.48. The van der Waals surface area contributed by atoms with Crippen molar-refractivity contribution >= 4 is 95.6 Å². The highest BCUT2D eigenvalue weighted by Gasteiger charge is 2.19. The lowest BCUT2D eigenvalue weighted by Gasteiger charge is -2.04. The van der Waals surface area contributed by atoms with E-state index in [1.54, 1.807) is 0 Å². The molecule has 0 aliphatic carbocycles. The number of H-pyrrole nitrogens is 1. The van der Waals surface area contributed by atoms with Crippen LogP contribution >= 0.6 is 22.7 Å². The summed E-state index contributed by atoms with van der Waals surface area (Å²) in [5.74, 6) is 0. The SMILES string of the molecule is c1ccc2c(c1)sc1c2cc2[nH]c3c4c(cc5ccc1c2c53)sc1ccccc14. The van der Waals surface area contributed by atoms with E-state index in [-0.39, 0.29) is 0 Å². The van der Waals surface area contributed by atoms with E-state index in [0.29, 0.717) is 0 Å². The molecule has 5 aromatic carbocycles. The van der Waals surface area contributed by atoms with Crippen LogP contribution in [0.2, 0.25) is 0 Å². The molecule has 0 unspecified atom stereocenters. The molecule has 3 aromatic heterocycles. The third-order valence-electron chi connectivity index (χ3n) is 6.34. The zero-order valence-corrected chi connectivity index (χ0v) is 16.9. The van der Waals surface area contributed by atoms with Gasteiger partial charge in [-0.15, -0.1) is 22.7 Å². The predicted octanol–water partition coefficient (Wildman–Crippen LogP) is 8.65. The van der Waals surface area contributed by atoms with Crippen LogP contribution in [0.5, 0.6) is 0 Å². The average molecular weight is 404 g/mol. The molecule has 0 atom stereocenters. The van der Waals surface area contributed by atoms with Crippen LogP contribution in [-0.2, 0) is 0 Å². The normalized spacial score (nSPS) is 12.8. The summed E-state index contributed by atoms with van der Waals surface area (Å²) >= 11 is 3.81. The maximum Gasteiger partial charge on any atom is 0.0565 e. The first-order chi connectivity index (χ1) is 14.4. The van der Waals surface area contributed by atoms with Crippen LogP contribution in [-0.4, -0.2) is 4.98 Å². The number of aromatic amines is 1. The molecule has 0 saturated carbocycles. The molecule has 3 heterocycles. The summed E-state index contributed by atoms with van der Waals surface area (Å²) in [5.41, 5.74) is 2.54. The molecule has 8 rings (SSSR count). The van der Waals surface area contributed by atoms with Gasteiger partial charge in [-0.05, 0) is 29.7 Å². The fraction of sp³-hybridized carbons (Fsp3) is 0. The van der Waals surface area contributed by atoms with Crippen LogP contribution in [0.4, 0.5) is 0 Å². The fourth-order valence-electron chi connectivity index (χ4n) is 5.15. The monoisotopic (exact) mass is 403 g/mol. The lowest BCUT2D eigenvalue weighted by Crippen LogP contribution is -1.77. The Bertz CT molecular complexity index is 1910. The Balaban J connectivity index is 1.70. The molecule has 0 radical (unpaired) electrons. The van der Waals surface area contributed by atoms with Crippen LogP contribution < -0.4 is 0 Å². The number of benzene rings is 5. The van der Waals surface area contributed by atoms with Crippen molar-refractivity contribution in [2.24, 2.45) is 0 Å². The maximum atomic E-state index is 3.84. The topological polar surface area (TPSA) is 15.8 Å². The zero-order chi connectivity index (χ0) is 18.7. The van der Waals surface area contributed by atoms with E-state index in [1.807, 2.05) is 22.7 Å². The minimum atomic E-state index is 1.25. The van der Waals surface area contributed by atoms with Crippen molar-refractivity contribution in [1.29, 1.82) is 0 Å². The molecule has 1 nitrogen and oxygen atoms in total. The molecule has 8 aromatic rings. The molecule has 0 aliphatic rings. The maximum absolute atomic E-state index is 3.84. The highest BCUT2D eigenvalue weighted by Crippen LogP contribution is 2.47. The van der Waals surface area contributed by atoms with Gasteiger partial charge in [-0.1, -0.05) is 48.5 Å². The smallest absolute Gasteiger partial charge is 0.0565 e. The predicted molar refractivity (Wildman–Crippen MR) is 130 cm³/mol. The highest BCUT2D eigenvalue weighted by atomic mass is 32.1. The second kappa shape index (κ2) is 4.88. The van der Waals surface area contributed by atoms with Gasteiger partial charge in [-0.3, -0.25) is 0 Å². The quantitative estimate of drug-likeness (QED) is 0.244. The highest BCUT2D eigenvalue weighted by molar-refractivity contribution is 7.27. The van der Waals surface area contributed by atoms with Crippen LogP contribution in [0.1, 0.15) is 0 Å². The first kappa shape index (κ1) is 14.8. The Morgan fingerprint density at radius 1 is 0.552 bits per heavy atom. The van der Waals surface area contributed by atoms with Gasteiger partial charge in [0.15, 0.2) is 0 Å². The van der Waals surface area contributed by atoms with Crippen molar-refractivity contribution in [1.82, 2.24) is 4.98 Å². The van der Waals surface area contributed by atoms with Gasteiger partial charge in [0.2, 0.25) is 0 Å². The van der Waals surface area contributed by atoms with Gasteiger partial charge in [0, 0.05) is 62.0 Å². The second-order valence-corrected chi connectivity index (χ2v) is 9.97. The number of aromatic nitrogens is 1. The molecule has 0 bridgehead atoms. The Hall–Kier alpha value is -3.14. The molecule has 0 spiro atoms. The van der Waals surface area contributed by atoms with E-state index in [0.717, 1.165) is 0 Å². The lowest BCUT2D eigenvalue weighted by atomic mass is 9.98. The Morgan fingerprint density at radius 3 is 2.24 bits per heavy atom. The Morgan fingerprint density at radius 2 is 1.34 bits per heavy atom. The van der Waals surface area contributed by atoms with E-state index in [9.17, 15) is 0 Å². The van der Waals surface area contributed by atoms with E-state index < -0.39 is 0 Å². The third-order valence-corrected chi connectivity index (χ3v) is 8.68. The van der Waals surface area contributed by atoms with E-state index in [2.05, 4.69) is 77.8 Å². The van der Waals surface area contributed by atoms with Gasteiger partial charge in [-0.25, -0.2) is 0 Å². The van der Waals surface area contributed by atoms with Crippen molar-refractivity contribution in [3.8, 4) is 0 Å². The summed E-state index contributed by atoms with van der Waals surface area (Å²) in [7, 11) is 0. The molecule has 0 fully saturated rings. The van der Waals surface area contributed by atoms with Gasteiger partial charge in [0.25, 0.3) is 0 Å². The number of hydrogen-bond acceptors (Lipinski definition) is 2. The molecular weight excluding hydrogens is 390 g/mol. The van der Waals surface area contributed by atoms with Crippen molar-refractivity contribution in [2.45, 2.75) is 0 Å². The number of fused-ring (bicyclic) bond motifs is 8. The average Bonchev–Trinajstić information content (AvgIpc) is 3.42. The van der Waals surface area contributed by atoms with Gasteiger partial charge in [0.05, 0.1) is 5.52 Å². The Labute approximate surface area is 173 Å². The van der Waals surface area contributed by atoms with E-state index >= 15 is 0 Å². The first-order valence-corrected chi connectivity index (χ1v) is 11.4. The summed E-state index contributed by atoms with van der Waals surface area (Å²) in [6.07, 6.45) is 0. The van der Waals surface area contributed by atoms with Gasteiger partial charge >= 0.3 is 0 Å². The molecule has 0 amide bonds. The van der Waals surface area contributed by atoms with Crippen molar-refractivity contribution in [3.05, 3.63) is 72.8 Å². The van der Waals surface area contributed by atoms with Crippen LogP contribution in [0, 0.1) is 0 Å². The van der Waals surface area contributed by atoms with Gasteiger partial charge in [0.1, 0.15) is 0 Å². The Kier molecular flexibility index (Phi) is 2.49. The second-order valence-electron chi connectivity index (χ2n) is 7.83. The van der Waals surface area contributed by atoms with Crippen LogP contribution in [0.3, 0.4) is 0 Å². The summed E-state index contributed by atoms with van der Waals surface area (Å²) in [6.45, 7) is 0. The zero-order valence-electron chi connectivity index (χ0n) is 15.2. The van der Waals surface area contributed by atoms with Crippen molar-refractivity contribution < 1.29 is 0 Å². The molecule has 0 saturated heterocycles. The summed E-state index contributed by atoms with van der Waals surface area (Å²) in [4.78, 5) is 3.84. The summed E-state index contributed by atoms with van der Waals surface area (Å²) in [6, 6.07) is 26.9. The number of thiophene rings is 2. The lowest BCUT2D eigenvalue weighted by molar-refractivity contribution is 1.58. The van der Waals surface area contributed by atoms with Gasteiger partial charge in [-0.2, -0.15) is 0 Å². The summed E-state index contributed by atoms with van der Waals surface area (Å²) in [5, 5.41) is 10.9. The largest absolute Gasteiger partial charge is 0.354 e. The molecular formula is C26H13NS2. The van der Waals surface area contributed by atoms with E-state index in [4.69, 9.17) is 0 Å². The van der Waals surface area contributed by atoms with Gasteiger partial charge < -0.3 is 4.98 Å². The number of hydrogen-bond donors (Lipinski definition) is 1. The third kappa shape index (κ3) is 1.68. The van der Waals surface area contributed by atoms with Crippen LogP contribution in [0.15, 0.2) is 72.8 Å². The number of rotatable bonds is 0. The first-order valence-electron chi connectivity index (χ1n) is 9.79. The standard InChI is InChI=1S/C26H13NS2/c1-3-7-19-14(5-1)17-12-18-23-16(26(17)29-19)10-9-13-11-21-24(25(27-18)22(13)23)15-6-2-4-8-20(15)28-21/h1-12,27H. The fourth-order valence-corrected chi connectivity index (χ4v) is 7.53. The minimum absolute atomic E-state index is 1.25. The van der Waals surface area contributed by atoms with Crippen LogP contribution in [0.25, 0.3) is 72.9 Å². The molecule has 3 heteroatoms. The van der Waals surface area contributed by atoms with Crippen molar-refractivity contribution in [3.63, 3.8) is 0 Å². The molecule has 1 N–H and O–H groups in total.